The Balaban J connectivity index is 0.000000621. The van der Waals surface area contributed by atoms with Gasteiger partial charge in [0.05, 0.1) is 0 Å². The molecule has 0 saturated carbocycles. The van der Waals surface area contributed by atoms with Crippen molar-refractivity contribution in [3.05, 3.63) is 77.9 Å². The van der Waals surface area contributed by atoms with Crippen molar-refractivity contribution < 1.29 is 0 Å². The van der Waals surface area contributed by atoms with Gasteiger partial charge in [-0.1, -0.05) is 60.7 Å². The molecule has 1 rings (SSSR count). The van der Waals surface area contributed by atoms with E-state index in [4.69, 9.17) is 5.41 Å². The molecule has 0 amide bonds. The second-order valence-corrected chi connectivity index (χ2v) is 4.36. The molecule has 0 spiro atoms. The van der Waals surface area contributed by atoms with Crippen LogP contribution in [0, 0.1) is 12.3 Å². The number of nitrogens with one attached hydrogen (secondary N) is 1. The van der Waals surface area contributed by atoms with Gasteiger partial charge in [-0.15, -0.1) is 0 Å². The van der Waals surface area contributed by atoms with E-state index in [-0.39, 0.29) is 0 Å². The van der Waals surface area contributed by atoms with Gasteiger partial charge in [-0.05, 0) is 50.5 Å². The fraction of sp³-hybridized carbons (Fsp3) is 0.211. The predicted molar refractivity (Wildman–Crippen MR) is 92.4 cm³/mol. The lowest BCUT2D eigenvalue weighted by Crippen LogP contribution is -1.85. The minimum atomic E-state index is 1.21. The van der Waals surface area contributed by atoms with Crippen LogP contribution in [-0.4, -0.2) is 6.21 Å². The largest absolute Gasteiger partial charge is 0.309 e. The van der Waals surface area contributed by atoms with Crippen LogP contribution in [0.15, 0.2) is 66.8 Å². The first kappa shape index (κ1) is 17.8. The lowest BCUT2D eigenvalue weighted by atomic mass is 9.99. The SMILES string of the molecule is C/C=C\C=N.C=C/C(C)=C(\C=C/C)c1ccc(C)cc1. The molecule has 0 heterocycles. The zero-order valence-electron chi connectivity index (χ0n) is 13.0. The molecular weight excluding hydrogens is 242 g/mol. The van der Waals surface area contributed by atoms with Crippen molar-refractivity contribution in [2.24, 2.45) is 0 Å². The molecule has 0 aliphatic heterocycles. The summed E-state index contributed by atoms with van der Waals surface area (Å²) < 4.78 is 0. The van der Waals surface area contributed by atoms with E-state index in [0.29, 0.717) is 0 Å². The van der Waals surface area contributed by atoms with Gasteiger partial charge in [0.1, 0.15) is 0 Å². The third-order valence-corrected chi connectivity index (χ3v) is 2.72. The Labute approximate surface area is 123 Å². The maximum absolute atomic E-state index is 6.39. The highest BCUT2D eigenvalue weighted by atomic mass is 14.3. The molecule has 0 bridgehead atoms. The summed E-state index contributed by atoms with van der Waals surface area (Å²) >= 11 is 0. The standard InChI is InChI=1S/C15H18.C4H7N/c1-5-7-15(13(4)6-2)14-10-8-12(3)9-11-14;1-2-3-4-5/h5-11H,2H2,1,3-4H3;2-5H,1H3/b7-5-,15-13+;3-2-,5-4?. The number of rotatable bonds is 4. The normalized spacial score (nSPS) is 11.8. The fourth-order valence-corrected chi connectivity index (χ4v) is 1.56. The van der Waals surface area contributed by atoms with Gasteiger partial charge >= 0.3 is 0 Å². The van der Waals surface area contributed by atoms with Crippen LogP contribution in [0.1, 0.15) is 31.9 Å². The van der Waals surface area contributed by atoms with Crippen molar-refractivity contribution >= 4 is 11.8 Å². The average Bonchev–Trinajstić information content (AvgIpc) is 2.47. The van der Waals surface area contributed by atoms with Crippen LogP contribution in [0.3, 0.4) is 0 Å². The summed E-state index contributed by atoms with van der Waals surface area (Å²) in [5.41, 5.74) is 4.98. The van der Waals surface area contributed by atoms with E-state index in [9.17, 15) is 0 Å². The number of hydrogen-bond acceptors (Lipinski definition) is 1. The maximum atomic E-state index is 6.39. The van der Waals surface area contributed by atoms with Crippen LogP contribution in [0.5, 0.6) is 0 Å². The average molecular weight is 267 g/mol. The highest BCUT2D eigenvalue weighted by molar-refractivity contribution is 5.78. The van der Waals surface area contributed by atoms with Crippen molar-refractivity contribution in [2.75, 3.05) is 0 Å². The Bertz CT molecular complexity index is 499. The lowest BCUT2D eigenvalue weighted by Gasteiger charge is -2.06. The Morgan fingerprint density at radius 2 is 1.70 bits per heavy atom. The van der Waals surface area contributed by atoms with Crippen molar-refractivity contribution in [2.45, 2.75) is 27.7 Å². The maximum Gasteiger partial charge on any atom is 0.0174 e. The van der Waals surface area contributed by atoms with Crippen molar-refractivity contribution in [1.82, 2.24) is 0 Å². The number of benzene rings is 1. The number of hydrogen-bond donors (Lipinski definition) is 1. The molecule has 0 atom stereocenters. The molecule has 20 heavy (non-hydrogen) atoms. The summed E-state index contributed by atoms with van der Waals surface area (Å²) in [7, 11) is 0. The smallest absolute Gasteiger partial charge is 0.0174 e. The monoisotopic (exact) mass is 267 g/mol. The van der Waals surface area contributed by atoms with E-state index in [0.717, 1.165) is 0 Å². The first-order valence-corrected chi connectivity index (χ1v) is 6.75. The summed E-state index contributed by atoms with van der Waals surface area (Å²) in [6.45, 7) is 11.9. The fourth-order valence-electron chi connectivity index (χ4n) is 1.56. The van der Waals surface area contributed by atoms with E-state index in [1.54, 1.807) is 6.08 Å². The van der Waals surface area contributed by atoms with Gasteiger partial charge in [0, 0.05) is 6.21 Å². The minimum absolute atomic E-state index is 1.21. The van der Waals surface area contributed by atoms with Crippen LogP contribution >= 0.6 is 0 Å². The van der Waals surface area contributed by atoms with Crippen LogP contribution in [0.2, 0.25) is 0 Å². The van der Waals surface area contributed by atoms with E-state index in [1.165, 1.54) is 28.5 Å². The summed E-state index contributed by atoms with van der Waals surface area (Å²) in [4.78, 5) is 0. The quantitative estimate of drug-likeness (QED) is 0.531. The third-order valence-electron chi connectivity index (χ3n) is 2.72. The minimum Gasteiger partial charge on any atom is -0.309 e. The molecular formula is C19H25N. The second-order valence-electron chi connectivity index (χ2n) is 4.36. The molecule has 0 aromatic heterocycles. The lowest BCUT2D eigenvalue weighted by molar-refractivity contribution is 1.44. The number of allylic oxidation sites excluding steroid dienone is 7. The zero-order valence-corrected chi connectivity index (χ0v) is 13.0. The Kier molecular flexibility index (Phi) is 9.59. The molecule has 0 unspecified atom stereocenters. The molecule has 0 fully saturated rings. The molecule has 106 valence electrons. The Hall–Kier alpha value is -2.15. The Morgan fingerprint density at radius 3 is 2.05 bits per heavy atom. The number of aryl methyl sites for hydroxylation is 1. The van der Waals surface area contributed by atoms with Gasteiger partial charge in [0.15, 0.2) is 0 Å². The summed E-state index contributed by atoms with van der Waals surface area (Å²) in [6.07, 6.45) is 10.8. The highest BCUT2D eigenvalue weighted by Gasteiger charge is 1.99. The topological polar surface area (TPSA) is 23.9 Å². The molecule has 1 N–H and O–H groups in total. The highest BCUT2D eigenvalue weighted by Crippen LogP contribution is 2.21. The molecule has 1 aromatic rings. The van der Waals surface area contributed by atoms with Crippen molar-refractivity contribution in [3.8, 4) is 0 Å². The molecule has 0 aliphatic carbocycles. The molecule has 0 aliphatic rings. The Morgan fingerprint density at radius 1 is 1.10 bits per heavy atom. The van der Waals surface area contributed by atoms with Gasteiger partial charge in [0.2, 0.25) is 0 Å². The third kappa shape index (κ3) is 6.69. The van der Waals surface area contributed by atoms with Crippen LogP contribution in [0.25, 0.3) is 5.57 Å². The van der Waals surface area contributed by atoms with Crippen molar-refractivity contribution in [3.63, 3.8) is 0 Å². The first-order valence-electron chi connectivity index (χ1n) is 6.75. The van der Waals surface area contributed by atoms with Crippen LogP contribution < -0.4 is 0 Å². The van der Waals surface area contributed by atoms with Gasteiger partial charge in [-0.25, -0.2) is 0 Å². The second kappa shape index (κ2) is 10.7. The van der Waals surface area contributed by atoms with Crippen molar-refractivity contribution in [1.29, 1.82) is 5.41 Å². The summed E-state index contributed by atoms with van der Waals surface area (Å²) in [6, 6.07) is 8.57. The zero-order chi connectivity index (χ0) is 15.4. The molecule has 1 heteroatoms. The van der Waals surface area contributed by atoms with Gasteiger partial charge in [0.25, 0.3) is 0 Å². The van der Waals surface area contributed by atoms with Gasteiger partial charge in [-0.3, -0.25) is 0 Å². The van der Waals surface area contributed by atoms with E-state index in [1.807, 2.05) is 26.0 Å². The van der Waals surface area contributed by atoms with E-state index < -0.39 is 0 Å². The molecule has 0 radical (unpaired) electrons. The predicted octanol–water partition coefficient (Wildman–Crippen LogP) is 5.74. The molecule has 0 saturated heterocycles. The van der Waals surface area contributed by atoms with Crippen LogP contribution in [-0.2, 0) is 0 Å². The van der Waals surface area contributed by atoms with E-state index >= 15 is 0 Å². The van der Waals surface area contributed by atoms with Crippen LogP contribution in [0.4, 0.5) is 0 Å². The molecule has 1 aromatic carbocycles. The summed E-state index contributed by atoms with van der Waals surface area (Å²) in [5.74, 6) is 0. The van der Waals surface area contributed by atoms with Gasteiger partial charge in [-0.2, -0.15) is 0 Å². The van der Waals surface area contributed by atoms with E-state index in [2.05, 4.69) is 56.8 Å². The first-order chi connectivity index (χ1) is 9.60. The summed E-state index contributed by atoms with van der Waals surface area (Å²) in [5, 5.41) is 6.39. The van der Waals surface area contributed by atoms with Gasteiger partial charge < -0.3 is 5.41 Å². The molecule has 1 nitrogen and oxygen atoms in total.